The Morgan fingerprint density at radius 3 is 2.44 bits per heavy atom. The van der Waals surface area contributed by atoms with Gasteiger partial charge in [0.2, 0.25) is 11.6 Å². The standard InChI is InChI=1S/C22H19FN2O6S/c1-27-17-12-14(13-18(28-2)19(17)29-3)20-24-25-22(31-20)32-11-7-6-10-30-21(26)15-8-4-5-9-16(15)23/h4-5,8-9,12-13H,10-11H2,1-3H3. The summed E-state index contributed by atoms with van der Waals surface area (Å²) >= 11 is 1.22. The fourth-order valence-corrected chi connectivity index (χ4v) is 3.13. The maximum Gasteiger partial charge on any atom is 0.342 e. The van der Waals surface area contributed by atoms with Crippen molar-refractivity contribution in [3.63, 3.8) is 0 Å². The maximum absolute atomic E-state index is 13.5. The van der Waals surface area contributed by atoms with Gasteiger partial charge in [0.25, 0.3) is 5.22 Å². The number of carbonyl (C=O) groups is 1. The Kier molecular flexibility index (Phi) is 7.94. The van der Waals surface area contributed by atoms with Gasteiger partial charge in [-0.1, -0.05) is 35.7 Å². The molecule has 0 unspecified atom stereocenters. The summed E-state index contributed by atoms with van der Waals surface area (Å²) in [5, 5.41) is 8.32. The Labute approximate surface area is 188 Å². The van der Waals surface area contributed by atoms with Gasteiger partial charge < -0.3 is 23.4 Å². The SMILES string of the molecule is COc1cc(-c2nnc(SCC#CCOC(=O)c3ccccc3F)o2)cc(OC)c1OC. The molecule has 0 bridgehead atoms. The largest absolute Gasteiger partial charge is 0.493 e. The molecule has 0 saturated carbocycles. The summed E-state index contributed by atoms with van der Waals surface area (Å²) in [6, 6.07) is 8.99. The molecule has 2 aromatic carbocycles. The molecule has 0 N–H and O–H groups in total. The lowest BCUT2D eigenvalue weighted by Crippen LogP contribution is -2.07. The van der Waals surface area contributed by atoms with Crippen LogP contribution in [0, 0.1) is 17.7 Å². The fourth-order valence-electron chi connectivity index (χ4n) is 2.60. The summed E-state index contributed by atoms with van der Waals surface area (Å²) in [4.78, 5) is 11.8. The lowest BCUT2D eigenvalue weighted by molar-refractivity contribution is 0.0551. The van der Waals surface area contributed by atoms with Crippen LogP contribution < -0.4 is 14.2 Å². The Morgan fingerprint density at radius 2 is 1.78 bits per heavy atom. The number of hydrogen-bond acceptors (Lipinski definition) is 9. The number of hydrogen-bond donors (Lipinski definition) is 0. The molecule has 1 aromatic heterocycles. The number of halogens is 1. The first-order valence-electron chi connectivity index (χ1n) is 9.21. The molecule has 0 aliphatic rings. The van der Waals surface area contributed by atoms with E-state index < -0.39 is 11.8 Å². The number of carbonyl (C=O) groups excluding carboxylic acids is 1. The monoisotopic (exact) mass is 458 g/mol. The molecule has 3 rings (SSSR count). The van der Waals surface area contributed by atoms with Crippen LogP contribution in [0.1, 0.15) is 10.4 Å². The number of nitrogens with zero attached hydrogens (tertiary/aromatic N) is 2. The average Bonchev–Trinajstić information content (AvgIpc) is 3.29. The number of aromatic nitrogens is 2. The van der Waals surface area contributed by atoms with Crippen molar-refractivity contribution in [1.82, 2.24) is 10.2 Å². The van der Waals surface area contributed by atoms with Gasteiger partial charge in [-0.15, -0.1) is 10.2 Å². The Bertz CT molecular complexity index is 1130. The van der Waals surface area contributed by atoms with Crippen molar-refractivity contribution in [3.8, 4) is 40.5 Å². The third kappa shape index (κ3) is 5.50. The second-order valence-corrected chi connectivity index (χ2v) is 6.91. The molecule has 0 aliphatic heterocycles. The van der Waals surface area contributed by atoms with E-state index in [4.69, 9.17) is 23.4 Å². The third-order valence-electron chi connectivity index (χ3n) is 4.08. The summed E-state index contributed by atoms with van der Waals surface area (Å²) in [6.45, 7) is -0.158. The zero-order valence-corrected chi connectivity index (χ0v) is 18.3. The molecule has 3 aromatic rings. The predicted octanol–water partition coefficient (Wildman–Crippen LogP) is 3.85. The van der Waals surface area contributed by atoms with E-state index in [-0.39, 0.29) is 18.1 Å². The zero-order valence-electron chi connectivity index (χ0n) is 17.5. The first kappa shape index (κ1) is 23.0. The minimum Gasteiger partial charge on any atom is -0.493 e. The van der Waals surface area contributed by atoms with Gasteiger partial charge in [-0.25, -0.2) is 9.18 Å². The summed E-state index contributed by atoms with van der Waals surface area (Å²) in [6.07, 6.45) is 0. The van der Waals surface area contributed by atoms with Crippen molar-refractivity contribution in [2.75, 3.05) is 33.7 Å². The van der Waals surface area contributed by atoms with Crippen molar-refractivity contribution >= 4 is 17.7 Å². The van der Waals surface area contributed by atoms with Crippen LogP contribution in [0.15, 0.2) is 46.0 Å². The van der Waals surface area contributed by atoms with Gasteiger partial charge in [0.15, 0.2) is 18.1 Å². The van der Waals surface area contributed by atoms with Crippen molar-refractivity contribution < 1.29 is 32.5 Å². The Balaban J connectivity index is 1.56. The van der Waals surface area contributed by atoms with E-state index in [0.717, 1.165) is 0 Å². The number of ether oxygens (including phenoxy) is 4. The lowest BCUT2D eigenvalue weighted by atomic mass is 10.2. The number of thioether (sulfide) groups is 1. The van der Waals surface area contributed by atoms with Gasteiger partial charge in [-0.2, -0.15) is 0 Å². The van der Waals surface area contributed by atoms with Gasteiger partial charge in [0.1, 0.15) is 5.82 Å². The molecule has 0 saturated heterocycles. The van der Waals surface area contributed by atoms with E-state index in [1.54, 1.807) is 18.2 Å². The smallest absolute Gasteiger partial charge is 0.342 e. The predicted molar refractivity (Wildman–Crippen MR) is 115 cm³/mol. The second kappa shape index (κ2) is 11.1. The number of rotatable bonds is 8. The van der Waals surface area contributed by atoms with E-state index in [9.17, 15) is 9.18 Å². The van der Waals surface area contributed by atoms with E-state index in [1.165, 1.54) is 51.3 Å². The molecule has 0 atom stereocenters. The second-order valence-electron chi connectivity index (χ2n) is 5.99. The summed E-state index contributed by atoms with van der Waals surface area (Å²) in [5.41, 5.74) is 0.471. The minimum atomic E-state index is -0.767. The van der Waals surface area contributed by atoms with E-state index in [2.05, 4.69) is 22.0 Å². The van der Waals surface area contributed by atoms with Crippen LogP contribution in [-0.4, -0.2) is 49.9 Å². The molecule has 0 fully saturated rings. The van der Waals surface area contributed by atoms with Crippen LogP contribution in [0.2, 0.25) is 0 Å². The Hall–Kier alpha value is -3.71. The fraction of sp³-hybridized carbons (Fsp3) is 0.227. The topological polar surface area (TPSA) is 92.9 Å². The van der Waals surface area contributed by atoms with Crippen LogP contribution >= 0.6 is 11.8 Å². The molecule has 32 heavy (non-hydrogen) atoms. The van der Waals surface area contributed by atoms with E-state index in [0.29, 0.717) is 33.8 Å². The van der Waals surface area contributed by atoms with Crippen molar-refractivity contribution in [3.05, 3.63) is 47.8 Å². The molecule has 8 nitrogen and oxygen atoms in total. The van der Waals surface area contributed by atoms with Gasteiger partial charge in [-0.3, -0.25) is 0 Å². The maximum atomic E-state index is 13.5. The summed E-state index contributed by atoms with van der Waals surface area (Å²) in [7, 11) is 4.55. The molecule has 166 valence electrons. The zero-order chi connectivity index (χ0) is 22.9. The summed E-state index contributed by atoms with van der Waals surface area (Å²) < 4.78 is 40.1. The Morgan fingerprint density at radius 1 is 1.06 bits per heavy atom. The van der Waals surface area contributed by atoms with Crippen LogP contribution in [0.3, 0.4) is 0 Å². The average molecular weight is 458 g/mol. The van der Waals surface area contributed by atoms with Crippen LogP contribution in [0.4, 0.5) is 4.39 Å². The van der Waals surface area contributed by atoms with E-state index in [1.807, 2.05) is 0 Å². The first-order chi connectivity index (χ1) is 15.6. The highest BCUT2D eigenvalue weighted by molar-refractivity contribution is 7.99. The molecule has 1 heterocycles. The van der Waals surface area contributed by atoms with Gasteiger partial charge in [-0.05, 0) is 24.3 Å². The van der Waals surface area contributed by atoms with Crippen LogP contribution in [-0.2, 0) is 4.74 Å². The molecule has 0 aliphatic carbocycles. The van der Waals surface area contributed by atoms with Crippen LogP contribution in [0.25, 0.3) is 11.5 Å². The number of esters is 1. The lowest BCUT2D eigenvalue weighted by Gasteiger charge is -2.12. The normalized spacial score (nSPS) is 10.1. The molecule has 0 radical (unpaired) electrons. The summed E-state index contributed by atoms with van der Waals surface area (Å²) in [5.74, 6) is 6.08. The molecular formula is C22H19FN2O6S. The quantitative estimate of drug-likeness (QED) is 0.283. The van der Waals surface area contributed by atoms with Gasteiger partial charge in [0, 0.05) is 5.56 Å². The van der Waals surface area contributed by atoms with Gasteiger partial charge >= 0.3 is 5.97 Å². The van der Waals surface area contributed by atoms with E-state index >= 15 is 0 Å². The van der Waals surface area contributed by atoms with Crippen LogP contribution in [0.5, 0.6) is 17.2 Å². The molecule has 0 amide bonds. The highest BCUT2D eigenvalue weighted by Crippen LogP contribution is 2.41. The minimum absolute atomic E-state index is 0.131. The van der Waals surface area contributed by atoms with Gasteiger partial charge in [0.05, 0.1) is 32.6 Å². The molecular weight excluding hydrogens is 439 g/mol. The molecule has 0 spiro atoms. The van der Waals surface area contributed by atoms with Crippen molar-refractivity contribution in [2.24, 2.45) is 0 Å². The third-order valence-corrected chi connectivity index (χ3v) is 4.78. The van der Waals surface area contributed by atoms with Crippen molar-refractivity contribution in [1.29, 1.82) is 0 Å². The molecule has 10 heteroatoms. The number of methoxy groups -OCH3 is 3. The highest BCUT2D eigenvalue weighted by atomic mass is 32.2. The van der Waals surface area contributed by atoms with Crippen molar-refractivity contribution in [2.45, 2.75) is 5.22 Å². The highest BCUT2D eigenvalue weighted by Gasteiger charge is 2.17. The number of benzene rings is 2. The first-order valence-corrected chi connectivity index (χ1v) is 10.2.